The highest BCUT2D eigenvalue weighted by Gasteiger charge is 2.28. The van der Waals surface area contributed by atoms with E-state index < -0.39 is 12.0 Å². The highest BCUT2D eigenvalue weighted by Crippen LogP contribution is 2.30. The summed E-state index contributed by atoms with van der Waals surface area (Å²) in [5.41, 5.74) is 0.691. The highest BCUT2D eigenvalue weighted by molar-refractivity contribution is 8.13. The zero-order valence-electron chi connectivity index (χ0n) is 12.5. The number of hydrogen-bond acceptors (Lipinski definition) is 5. The zero-order valence-corrected chi connectivity index (χ0v) is 13.3. The zero-order chi connectivity index (χ0) is 15.7. The summed E-state index contributed by atoms with van der Waals surface area (Å²) in [6.45, 7) is 3.95. The van der Waals surface area contributed by atoms with Crippen molar-refractivity contribution in [1.82, 2.24) is 0 Å². The van der Waals surface area contributed by atoms with Crippen LogP contribution in [0.3, 0.4) is 0 Å². The van der Waals surface area contributed by atoms with Crippen LogP contribution in [0.1, 0.15) is 38.4 Å². The standard InChI is InChI=1S/C16H22O4S/c1-3-20-14(17)11-10-13(16(19)21-4-2)15(18)12-8-6-5-7-9-12/h5-9,13,15,18H,3-4,10-11H2,1-2H3/t13-,15-/m1/s1. The molecule has 116 valence electrons. The van der Waals surface area contributed by atoms with E-state index in [1.54, 1.807) is 19.1 Å². The van der Waals surface area contributed by atoms with Gasteiger partial charge in [0.25, 0.3) is 0 Å². The topological polar surface area (TPSA) is 63.6 Å². The van der Waals surface area contributed by atoms with Crippen LogP contribution in [0.4, 0.5) is 0 Å². The van der Waals surface area contributed by atoms with Crippen LogP contribution in [0.2, 0.25) is 0 Å². The number of aliphatic hydroxyl groups is 1. The summed E-state index contributed by atoms with van der Waals surface area (Å²) in [6.07, 6.45) is -0.466. The van der Waals surface area contributed by atoms with Crippen molar-refractivity contribution in [2.45, 2.75) is 32.8 Å². The molecule has 0 spiro atoms. The first-order valence-electron chi connectivity index (χ1n) is 7.15. The Morgan fingerprint density at radius 1 is 1.24 bits per heavy atom. The van der Waals surface area contributed by atoms with E-state index in [4.69, 9.17) is 4.74 Å². The molecular formula is C16H22O4S. The van der Waals surface area contributed by atoms with Gasteiger partial charge >= 0.3 is 5.97 Å². The Balaban J connectivity index is 2.77. The predicted molar refractivity (Wildman–Crippen MR) is 83.9 cm³/mol. The molecule has 0 fully saturated rings. The van der Waals surface area contributed by atoms with Crippen LogP contribution in [0.5, 0.6) is 0 Å². The number of ether oxygens (including phenoxy) is 1. The Hall–Kier alpha value is -1.33. The number of benzene rings is 1. The molecule has 1 aromatic carbocycles. The monoisotopic (exact) mass is 310 g/mol. The second kappa shape index (κ2) is 9.58. The van der Waals surface area contributed by atoms with Crippen molar-refractivity contribution >= 4 is 22.8 Å². The van der Waals surface area contributed by atoms with E-state index in [9.17, 15) is 14.7 Å². The molecule has 0 saturated heterocycles. The van der Waals surface area contributed by atoms with E-state index in [1.807, 2.05) is 25.1 Å². The average Bonchev–Trinajstić information content (AvgIpc) is 2.48. The maximum atomic E-state index is 12.2. The van der Waals surface area contributed by atoms with Gasteiger partial charge in [-0.15, -0.1) is 0 Å². The van der Waals surface area contributed by atoms with Crippen LogP contribution < -0.4 is 0 Å². The number of aliphatic hydroxyl groups excluding tert-OH is 1. The molecule has 1 rings (SSSR count). The van der Waals surface area contributed by atoms with Gasteiger partial charge in [0, 0.05) is 6.42 Å². The molecule has 0 amide bonds. The molecule has 2 atom stereocenters. The summed E-state index contributed by atoms with van der Waals surface area (Å²) in [5, 5.41) is 10.3. The molecule has 0 aliphatic carbocycles. The van der Waals surface area contributed by atoms with Crippen molar-refractivity contribution in [3.05, 3.63) is 35.9 Å². The van der Waals surface area contributed by atoms with Gasteiger partial charge in [-0.1, -0.05) is 49.0 Å². The minimum absolute atomic E-state index is 0.0850. The summed E-state index contributed by atoms with van der Waals surface area (Å²) in [7, 11) is 0. The minimum Gasteiger partial charge on any atom is -0.466 e. The van der Waals surface area contributed by atoms with Gasteiger partial charge in [0.15, 0.2) is 5.12 Å². The van der Waals surface area contributed by atoms with Gasteiger partial charge in [0.1, 0.15) is 0 Å². The first kappa shape index (κ1) is 17.7. The fourth-order valence-electron chi connectivity index (χ4n) is 2.04. The lowest BCUT2D eigenvalue weighted by Gasteiger charge is -2.21. The number of esters is 1. The van der Waals surface area contributed by atoms with Crippen molar-refractivity contribution in [2.75, 3.05) is 12.4 Å². The van der Waals surface area contributed by atoms with Crippen LogP contribution in [-0.4, -0.2) is 28.6 Å². The van der Waals surface area contributed by atoms with Gasteiger partial charge in [-0.25, -0.2) is 0 Å². The van der Waals surface area contributed by atoms with Gasteiger partial charge in [0.05, 0.1) is 18.6 Å². The Kier molecular flexibility index (Phi) is 8.08. The third-order valence-electron chi connectivity index (χ3n) is 3.08. The lowest BCUT2D eigenvalue weighted by molar-refractivity contribution is -0.143. The van der Waals surface area contributed by atoms with Crippen molar-refractivity contribution in [2.24, 2.45) is 5.92 Å². The number of carbonyl (C=O) groups is 2. The van der Waals surface area contributed by atoms with E-state index in [1.165, 1.54) is 11.8 Å². The van der Waals surface area contributed by atoms with Crippen molar-refractivity contribution in [3.8, 4) is 0 Å². The maximum absolute atomic E-state index is 12.2. The lowest BCUT2D eigenvalue weighted by atomic mass is 9.92. The molecule has 5 heteroatoms. The van der Waals surface area contributed by atoms with Gasteiger partial charge in [-0.2, -0.15) is 0 Å². The molecule has 0 radical (unpaired) electrons. The van der Waals surface area contributed by atoms with Crippen LogP contribution >= 0.6 is 11.8 Å². The summed E-state index contributed by atoms with van der Waals surface area (Å²) in [6, 6.07) is 9.06. The summed E-state index contributed by atoms with van der Waals surface area (Å²) in [5.74, 6) is -0.283. The molecule has 0 saturated carbocycles. The minimum atomic E-state index is -0.896. The summed E-state index contributed by atoms with van der Waals surface area (Å²) < 4.78 is 4.88. The molecule has 0 aromatic heterocycles. The van der Waals surface area contributed by atoms with Crippen molar-refractivity contribution in [3.63, 3.8) is 0 Å². The fraction of sp³-hybridized carbons (Fsp3) is 0.500. The van der Waals surface area contributed by atoms with Crippen LogP contribution in [0, 0.1) is 5.92 Å². The quantitative estimate of drug-likeness (QED) is 0.748. The van der Waals surface area contributed by atoms with Gasteiger partial charge in [-0.05, 0) is 24.7 Å². The average molecular weight is 310 g/mol. The highest BCUT2D eigenvalue weighted by atomic mass is 32.2. The number of hydrogen-bond donors (Lipinski definition) is 1. The van der Waals surface area contributed by atoms with Crippen LogP contribution in [-0.2, 0) is 14.3 Å². The van der Waals surface area contributed by atoms with Crippen LogP contribution in [0.15, 0.2) is 30.3 Å². The third kappa shape index (κ3) is 5.89. The first-order chi connectivity index (χ1) is 10.1. The molecule has 0 aliphatic rings. The Morgan fingerprint density at radius 2 is 1.90 bits per heavy atom. The Labute approximate surface area is 129 Å². The molecule has 21 heavy (non-hydrogen) atoms. The summed E-state index contributed by atoms with van der Waals surface area (Å²) >= 11 is 1.18. The third-order valence-corrected chi connectivity index (χ3v) is 3.95. The first-order valence-corrected chi connectivity index (χ1v) is 8.14. The smallest absolute Gasteiger partial charge is 0.305 e. The second-order valence-electron chi connectivity index (χ2n) is 4.56. The van der Waals surface area contributed by atoms with Gasteiger partial charge in [-0.3, -0.25) is 9.59 Å². The van der Waals surface area contributed by atoms with E-state index in [-0.39, 0.29) is 17.5 Å². The maximum Gasteiger partial charge on any atom is 0.305 e. The molecule has 4 nitrogen and oxygen atoms in total. The van der Waals surface area contributed by atoms with E-state index >= 15 is 0 Å². The Morgan fingerprint density at radius 3 is 2.48 bits per heavy atom. The van der Waals surface area contributed by atoms with Gasteiger partial charge < -0.3 is 9.84 Å². The molecule has 0 unspecified atom stereocenters. The van der Waals surface area contributed by atoms with Crippen LogP contribution in [0.25, 0.3) is 0 Å². The van der Waals surface area contributed by atoms with Gasteiger partial charge in [0.2, 0.25) is 0 Å². The number of rotatable bonds is 8. The normalized spacial score (nSPS) is 13.5. The SMILES string of the molecule is CCOC(=O)CC[C@@H](C(=O)SCC)[C@H](O)c1ccccc1. The second-order valence-corrected chi connectivity index (χ2v) is 5.83. The van der Waals surface area contributed by atoms with E-state index in [0.29, 0.717) is 24.3 Å². The van der Waals surface area contributed by atoms with Crippen molar-refractivity contribution in [1.29, 1.82) is 0 Å². The fourth-order valence-corrected chi connectivity index (χ4v) is 2.79. The van der Waals surface area contributed by atoms with Crippen molar-refractivity contribution < 1.29 is 19.4 Å². The molecule has 0 heterocycles. The Bertz CT molecular complexity index is 447. The molecule has 0 bridgehead atoms. The molecule has 0 aliphatic heterocycles. The predicted octanol–water partition coefficient (Wildman–Crippen LogP) is 2.96. The number of thioether (sulfide) groups is 1. The lowest BCUT2D eigenvalue weighted by Crippen LogP contribution is -2.22. The molecular weight excluding hydrogens is 288 g/mol. The van der Waals surface area contributed by atoms with E-state index in [0.717, 1.165) is 0 Å². The molecule has 1 N–H and O–H groups in total. The molecule has 1 aromatic rings. The largest absolute Gasteiger partial charge is 0.466 e. The summed E-state index contributed by atoms with van der Waals surface area (Å²) in [4.78, 5) is 23.6. The van der Waals surface area contributed by atoms with E-state index in [2.05, 4.69) is 0 Å². The number of carbonyl (C=O) groups excluding carboxylic acids is 2.